The van der Waals surface area contributed by atoms with Crippen molar-refractivity contribution in [3.63, 3.8) is 0 Å². The average Bonchev–Trinajstić information content (AvgIpc) is 3.01. The summed E-state index contributed by atoms with van der Waals surface area (Å²) in [4.78, 5) is 22.6. The third-order valence-electron chi connectivity index (χ3n) is 4.64. The van der Waals surface area contributed by atoms with Gasteiger partial charge in [0.25, 0.3) is 0 Å². The molecule has 3 atom stereocenters. The molecule has 2 aromatic rings. The molecule has 3 N–H and O–H groups in total. The summed E-state index contributed by atoms with van der Waals surface area (Å²) < 4.78 is 0. The minimum atomic E-state index is -1.02. The highest BCUT2D eigenvalue weighted by Crippen LogP contribution is 2.29. The van der Waals surface area contributed by atoms with Crippen LogP contribution in [-0.4, -0.2) is 28.1 Å². The van der Waals surface area contributed by atoms with Gasteiger partial charge in [-0.3, -0.25) is 9.59 Å². The summed E-state index contributed by atoms with van der Waals surface area (Å²) in [6.07, 6.45) is -0.830. The predicted molar refractivity (Wildman–Crippen MR) is 93.8 cm³/mol. The Kier molecular flexibility index (Phi) is 5.01. The molecular formula is C20H18N2O4. The van der Waals surface area contributed by atoms with E-state index in [1.165, 1.54) is 0 Å². The minimum Gasteiger partial charge on any atom is -0.481 e. The number of benzene rings is 2. The Morgan fingerprint density at radius 3 is 2.27 bits per heavy atom. The van der Waals surface area contributed by atoms with Crippen molar-refractivity contribution in [2.75, 3.05) is 0 Å². The fourth-order valence-corrected chi connectivity index (χ4v) is 3.21. The molecule has 0 aromatic heterocycles. The van der Waals surface area contributed by atoms with Gasteiger partial charge in [-0.1, -0.05) is 36.4 Å². The molecule has 6 nitrogen and oxygen atoms in total. The van der Waals surface area contributed by atoms with E-state index in [1.807, 2.05) is 24.3 Å². The van der Waals surface area contributed by atoms with Crippen molar-refractivity contribution in [1.82, 2.24) is 5.32 Å². The van der Waals surface area contributed by atoms with Gasteiger partial charge in [-0.2, -0.15) is 5.26 Å². The van der Waals surface area contributed by atoms with Crippen molar-refractivity contribution in [2.24, 2.45) is 5.92 Å². The molecule has 1 aliphatic rings. The summed E-state index contributed by atoms with van der Waals surface area (Å²) >= 11 is 0. The number of hydrogen-bond acceptors (Lipinski definition) is 4. The maximum atomic E-state index is 11.8. The third-order valence-corrected chi connectivity index (χ3v) is 4.64. The Morgan fingerprint density at radius 2 is 1.73 bits per heavy atom. The Morgan fingerprint density at radius 1 is 1.15 bits per heavy atom. The minimum absolute atomic E-state index is 0.229. The fraction of sp³-hybridized carbons (Fsp3) is 0.250. The lowest BCUT2D eigenvalue weighted by Gasteiger charge is -2.18. The molecule has 1 aliphatic heterocycles. The lowest BCUT2D eigenvalue weighted by atomic mass is 9.94. The molecule has 1 amide bonds. The molecule has 2 aromatic carbocycles. The van der Waals surface area contributed by atoms with Gasteiger partial charge in [-0.25, -0.2) is 0 Å². The number of amides is 1. The number of aliphatic hydroxyl groups is 1. The Balaban J connectivity index is 1.71. The summed E-state index contributed by atoms with van der Waals surface area (Å²) in [5.41, 5.74) is 3.16. The Labute approximate surface area is 150 Å². The molecule has 132 valence electrons. The Bertz CT molecular complexity index is 853. The van der Waals surface area contributed by atoms with Crippen molar-refractivity contribution >= 4 is 11.9 Å². The van der Waals surface area contributed by atoms with Crippen molar-refractivity contribution in [1.29, 1.82) is 5.26 Å². The van der Waals surface area contributed by atoms with Gasteiger partial charge < -0.3 is 15.5 Å². The topological polar surface area (TPSA) is 110 Å². The van der Waals surface area contributed by atoms with E-state index in [2.05, 4.69) is 11.4 Å². The molecule has 0 aliphatic carbocycles. The van der Waals surface area contributed by atoms with Gasteiger partial charge >= 0.3 is 5.97 Å². The summed E-state index contributed by atoms with van der Waals surface area (Å²) in [6, 6.07) is 16.1. The van der Waals surface area contributed by atoms with Crippen LogP contribution in [-0.2, 0) is 9.59 Å². The van der Waals surface area contributed by atoms with E-state index >= 15 is 0 Å². The van der Waals surface area contributed by atoms with E-state index in [0.717, 1.165) is 11.1 Å². The molecule has 1 fully saturated rings. The number of aliphatic hydroxyl groups excluding tert-OH is 1. The van der Waals surface area contributed by atoms with Crippen LogP contribution in [0.4, 0.5) is 0 Å². The quantitative estimate of drug-likeness (QED) is 0.766. The lowest BCUT2D eigenvalue weighted by molar-refractivity contribution is -0.140. The highest BCUT2D eigenvalue weighted by atomic mass is 16.4. The summed E-state index contributed by atoms with van der Waals surface area (Å²) in [7, 11) is 0. The standard InChI is InChI=1S/C20H18N2O4/c21-11-12-1-3-13(4-2-12)14-5-7-15(8-6-14)19(25)17-9-16(10-18(23)24)20(26)22-17/h1-8,16-17,19,25H,9-10H2,(H,22,26)(H,23,24)/t16-,17+,19?/m1/s1. The summed E-state index contributed by atoms with van der Waals surface area (Å²) in [6.45, 7) is 0. The largest absolute Gasteiger partial charge is 0.481 e. The number of rotatable bonds is 5. The molecule has 0 saturated carbocycles. The first-order valence-corrected chi connectivity index (χ1v) is 8.28. The van der Waals surface area contributed by atoms with Crippen LogP contribution in [0.2, 0.25) is 0 Å². The van der Waals surface area contributed by atoms with Crippen LogP contribution in [0.5, 0.6) is 0 Å². The normalized spacial score (nSPS) is 20.2. The first kappa shape index (κ1) is 17.6. The van der Waals surface area contributed by atoms with Gasteiger partial charge in [0.1, 0.15) is 0 Å². The second kappa shape index (κ2) is 7.38. The van der Waals surface area contributed by atoms with Crippen LogP contribution in [0.15, 0.2) is 48.5 Å². The molecule has 1 heterocycles. The summed E-state index contributed by atoms with van der Waals surface area (Å²) in [5.74, 6) is -1.96. The van der Waals surface area contributed by atoms with Crippen molar-refractivity contribution < 1.29 is 19.8 Å². The van der Waals surface area contributed by atoms with Gasteiger partial charge in [0, 0.05) is 0 Å². The number of carboxylic acids is 1. The van der Waals surface area contributed by atoms with Crippen LogP contribution in [0.25, 0.3) is 11.1 Å². The number of nitriles is 1. The molecule has 0 bridgehead atoms. The number of carboxylic acid groups (broad SMARTS) is 1. The average molecular weight is 350 g/mol. The molecular weight excluding hydrogens is 332 g/mol. The molecule has 3 rings (SSSR count). The van der Waals surface area contributed by atoms with Gasteiger partial charge in [0.05, 0.1) is 36.1 Å². The second-order valence-electron chi connectivity index (χ2n) is 6.40. The molecule has 6 heteroatoms. The molecule has 1 saturated heterocycles. The van der Waals surface area contributed by atoms with Crippen LogP contribution >= 0.6 is 0 Å². The number of hydrogen-bond donors (Lipinski definition) is 3. The molecule has 0 radical (unpaired) electrons. The fourth-order valence-electron chi connectivity index (χ4n) is 3.21. The van der Waals surface area contributed by atoms with E-state index in [-0.39, 0.29) is 12.3 Å². The van der Waals surface area contributed by atoms with Gasteiger partial charge in [0.2, 0.25) is 5.91 Å². The molecule has 0 spiro atoms. The lowest BCUT2D eigenvalue weighted by Crippen LogP contribution is -2.31. The summed E-state index contributed by atoms with van der Waals surface area (Å²) in [5, 5.41) is 30.9. The van der Waals surface area contributed by atoms with Crippen LogP contribution in [0.1, 0.15) is 30.1 Å². The maximum Gasteiger partial charge on any atom is 0.304 e. The van der Waals surface area contributed by atoms with E-state index < -0.39 is 24.0 Å². The second-order valence-corrected chi connectivity index (χ2v) is 6.40. The number of nitrogens with one attached hydrogen (secondary N) is 1. The van der Waals surface area contributed by atoms with Gasteiger partial charge in [-0.15, -0.1) is 0 Å². The van der Waals surface area contributed by atoms with Crippen molar-refractivity contribution in [2.45, 2.75) is 25.0 Å². The van der Waals surface area contributed by atoms with Crippen LogP contribution in [0.3, 0.4) is 0 Å². The maximum absolute atomic E-state index is 11.8. The van der Waals surface area contributed by atoms with Crippen molar-refractivity contribution in [3.8, 4) is 17.2 Å². The van der Waals surface area contributed by atoms with Crippen molar-refractivity contribution in [3.05, 3.63) is 59.7 Å². The van der Waals surface area contributed by atoms with E-state index in [0.29, 0.717) is 17.5 Å². The van der Waals surface area contributed by atoms with Crippen LogP contribution in [0, 0.1) is 17.2 Å². The zero-order valence-corrected chi connectivity index (χ0v) is 13.9. The van der Waals surface area contributed by atoms with E-state index in [4.69, 9.17) is 10.4 Å². The predicted octanol–water partition coefficient (Wildman–Crippen LogP) is 2.24. The molecule has 1 unspecified atom stereocenters. The molecule has 26 heavy (non-hydrogen) atoms. The smallest absolute Gasteiger partial charge is 0.304 e. The number of carbonyl (C=O) groups excluding carboxylic acids is 1. The highest BCUT2D eigenvalue weighted by Gasteiger charge is 2.37. The number of aliphatic carboxylic acids is 1. The van der Waals surface area contributed by atoms with E-state index in [1.54, 1.807) is 24.3 Å². The van der Waals surface area contributed by atoms with Gasteiger partial charge in [0.15, 0.2) is 0 Å². The first-order valence-electron chi connectivity index (χ1n) is 8.28. The third kappa shape index (κ3) is 3.73. The zero-order valence-electron chi connectivity index (χ0n) is 13.9. The van der Waals surface area contributed by atoms with Gasteiger partial charge in [-0.05, 0) is 35.2 Å². The monoisotopic (exact) mass is 350 g/mol. The Hall–Kier alpha value is -3.17. The SMILES string of the molecule is N#Cc1ccc(-c2ccc(C(O)[C@@H]3C[C@H](CC(=O)O)C(=O)N3)cc2)cc1. The first-order chi connectivity index (χ1) is 12.5. The number of carbonyl (C=O) groups is 2. The van der Waals surface area contributed by atoms with Crippen LogP contribution < -0.4 is 5.32 Å². The number of nitrogens with zero attached hydrogens (tertiary/aromatic N) is 1. The van der Waals surface area contributed by atoms with E-state index in [9.17, 15) is 14.7 Å². The highest BCUT2D eigenvalue weighted by molar-refractivity contribution is 5.85. The zero-order chi connectivity index (χ0) is 18.7.